The smallest absolute Gasteiger partial charge is 0.480 e. The van der Waals surface area contributed by atoms with Gasteiger partial charge in [-0.3, -0.25) is 14.5 Å². The highest BCUT2D eigenvalue weighted by Crippen LogP contribution is 2.21. The number of hydrogen-bond acceptors (Lipinski definition) is 7. The number of thiol groups is 1. The van der Waals surface area contributed by atoms with Gasteiger partial charge in [0.05, 0.1) is 6.04 Å². The molecule has 222 valence electrons. The van der Waals surface area contributed by atoms with Crippen molar-refractivity contribution < 1.29 is 42.6 Å². The van der Waals surface area contributed by atoms with Crippen molar-refractivity contribution in [2.75, 3.05) is 29.2 Å². The first-order valence-corrected chi connectivity index (χ1v) is 14.3. The summed E-state index contributed by atoms with van der Waals surface area (Å²) in [6.45, 7) is 6.31. The van der Waals surface area contributed by atoms with Gasteiger partial charge in [0.2, 0.25) is 11.8 Å². The summed E-state index contributed by atoms with van der Waals surface area (Å²) in [6, 6.07) is 6.69. The monoisotopic (exact) mass is 597 g/mol. The largest absolute Gasteiger partial charge is 0.490 e. The van der Waals surface area contributed by atoms with Gasteiger partial charge in [-0.05, 0) is 62.1 Å². The van der Waals surface area contributed by atoms with E-state index in [1.807, 2.05) is 38.3 Å². The van der Waals surface area contributed by atoms with Crippen LogP contribution in [0.3, 0.4) is 0 Å². The second kappa shape index (κ2) is 18.8. The van der Waals surface area contributed by atoms with E-state index in [0.29, 0.717) is 30.2 Å². The molecule has 0 radical (unpaired) electrons. The van der Waals surface area contributed by atoms with Gasteiger partial charge in [-0.15, -0.1) is 0 Å². The summed E-state index contributed by atoms with van der Waals surface area (Å²) < 4.78 is 31.7. The molecule has 39 heavy (non-hydrogen) atoms. The van der Waals surface area contributed by atoms with Crippen molar-refractivity contribution in [3.63, 3.8) is 0 Å². The maximum absolute atomic E-state index is 13.7. The van der Waals surface area contributed by atoms with Crippen molar-refractivity contribution in [2.24, 2.45) is 5.92 Å². The second-order valence-electron chi connectivity index (χ2n) is 8.60. The summed E-state index contributed by atoms with van der Waals surface area (Å²) in [7, 11) is 0. The predicted octanol–water partition coefficient (Wildman–Crippen LogP) is 3.69. The molecule has 2 amide bonds. The average Bonchev–Trinajstić information content (AvgIpc) is 2.88. The van der Waals surface area contributed by atoms with Gasteiger partial charge in [-0.2, -0.15) is 37.6 Å². The number of benzene rings is 1. The normalized spacial score (nSPS) is 14.2. The molecule has 4 atom stereocenters. The maximum atomic E-state index is 13.7. The zero-order valence-corrected chi connectivity index (χ0v) is 24.1. The van der Waals surface area contributed by atoms with Crippen LogP contribution in [0, 0.1) is 5.92 Å². The summed E-state index contributed by atoms with van der Waals surface area (Å²) in [5.41, 5.74) is 0.598. The number of alkyl halides is 3. The molecule has 1 aromatic rings. The summed E-state index contributed by atoms with van der Waals surface area (Å²) in [4.78, 5) is 48.8. The third-order valence-electron chi connectivity index (χ3n) is 5.68. The molecule has 0 saturated carbocycles. The number of carboxylic acids is 2. The highest BCUT2D eigenvalue weighted by molar-refractivity contribution is 7.98. The van der Waals surface area contributed by atoms with Crippen LogP contribution in [0.5, 0.6) is 0 Å². The average molecular weight is 598 g/mol. The molecular weight excluding hydrogens is 559 g/mol. The number of nitrogens with zero attached hydrogens (tertiary/aromatic N) is 1. The Bertz CT molecular complexity index is 909. The molecule has 0 aliphatic heterocycles. The topological polar surface area (TPSA) is 136 Å². The fourth-order valence-electron chi connectivity index (χ4n) is 3.29. The molecule has 14 heteroatoms. The number of nitrogens with one attached hydrogen (secondary N) is 2. The third kappa shape index (κ3) is 13.4. The van der Waals surface area contributed by atoms with Crippen LogP contribution in [0.1, 0.15) is 40.0 Å². The second-order valence-corrected chi connectivity index (χ2v) is 10.0. The van der Waals surface area contributed by atoms with Gasteiger partial charge in [0, 0.05) is 5.69 Å². The highest BCUT2D eigenvalue weighted by atomic mass is 32.2. The van der Waals surface area contributed by atoms with Gasteiger partial charge in [0.15, 0.2) is 0 Å². The van der Waals surface area contributed by atoms with E-state index in [4.69, 9.17) is 9.90 Å². The number of aliphatic carboxylic acids is 2. The van der Waals surface area contributed by atoms with Crippen molar-refractivity contribution in [3.8, 4) is 0 Å². The summed E-state index contributed by atoms with van der Waals surface area (Å²) in [5.74, 6) is -3.16. The van der Waals surface area contributed by atoms with Crippen LogP contribution in [0.15, 0.2) is 30.3 Å². The van der Waals surface area contributed by atoms with E-state index in [1.54, 1.807) is 19.1 Å². The highest BCUT2D eigenvalue weighted by Gasteiger charge is 2.38. The van der Waals surface area contributed by atoms with E-state index < -0.39 is 42.1 Å². The molecule has 0 aromatic heterocycles. The lowest BCUT2D eigenvalue weighted by molar-refractivity contribution is -0.192. The summed E-state index contributed by atoms with van der Waals surface area (Å²) in [5, 5.41) is 22.6. The number of anilines is 1. The lowest BCUT2D eigenvalue weighted by Crippen LogP contribution is -2.57. The van der Waals surface area contributed by atoms with E-state index in [1.165, 1.54) is 16.7 Å². The fraction of sp³-hybridized carbons (Fsp3) is 0.600. The molecule has 0 aliphatic rings. The number of thioether (sulfide) groups is 1. The van der Waals surface area contributed by atoms with Crippen LogP contribution in [-0.2, 0) is 19.2 Å². The standard InChI is InChI=1S/C23H37N3O4S2.C2HF3O2/c1-5-16(2)20(24-13-9-14-31)22(28)26(18-10-7-6-8-11-18)17(3)21(27)25-19(23(29)30)12-15-32-4;3-2(4,5)1(6)7/h6-8,10-11,16-17,19-20,24,31H,5,9,12-15H2,1-4H3,(H,25,27)(H,29,30);(H,6,7). The lowest BCUT2D eigenvalue weighted by atomic mass is 9.96. The number of amides is 2. The van der Waals surface area contributed by atoms with Gasteiger partial charge in [0.25, 0.3) is 0 Å². The number of rotatable bonds is 15. The lowest BCUT2D eigenvalue weighted by Gasteiger charge is -2.34. The molecule has 9 nitrogen and oxygen atoms in total. The molecule has 0 spiro atoms. The molecule has 0 aliphatic carbocycles. The first-order valence-electron chi connectivity index (χ1n) is 12.3. The minimum atomic E-state index is -5.08. The molecule has 1 rings (SSSR count). The first-order chi connectivity index (χ1) is 18.2. The number of hydrogen-bond donors (Lipinski definition) is 5. The zero-order chi connectivity index (χ0) is 30.2. The minimum absolute atomic E-state index is 0.0530. The van der Waals surface area contributed by atoms with Crippen molar-refractivity contribution >= 4 is 53.8 Å². The Hall–Kier alpha value is -2.45. The summed E-state index contributed by atoms with van der Waals surface area (Å²) in [6.07, 6.45) is -1.27. The van der Waals surface area contributed by atoms with Crippen molar-refractivity contribution in [3.05, 3.63) is 30.3 Å². The van der Waals surface area contributed by atoms with E-state index in [2.05, 4.69) is 23.3 Å². The first kappa shape index (κ1) is 36.5. The molecular formula is C25H38F3N3O6S2. The Balaban J connectivity index is 0.00000181. The van der Waals surface area contributed by atoms with E-state index in [9.17, 15) is 32.7 Å². The molecule has 0 bridgehead atoms. The number of carbonyl (C=O) groups is 4. The summed E-state index contributed by atoms with van der Waals surface area (Å²) >= 11 is 5.76. The van der Waals surface area contributed by atoms with Crippen LogP contribution in [0.4, 0.5) is 18.9 Å². The van der Waals surface area contributed by atoms with Crippen molar-refractivity contribution in [2.45, 2.75) is 64.3 Å². The Morgan fingerprint density at radius 1 is 1.10 bits per heavy atom. The SMILES string of the molecule is CCC(C)C(NCCCS)C(=O)N(c1ccccc1)C(C)C(=O)NC(CCSC)C(=O)O.O=C(O)C(F)(F)F. The van der Waals surface area contributed by atoms with Gasteiger partial charge in [-0.25, -0.2) is 9.59 Å². The van der Waals surface area contributed by atoms with Crippen LogP contribution in [-0.4, -0.2) is 82.6 Å². The zero-order valence-electron chi connectivity index (χ0n) is 22.4. The Morgan fingerprint density at radius 2 is 1.67 bits per heavy atom. The van der Waals surface area contributed by atoms with E-state index in [0.717, 1.165) is 12.8 Å². The molecule has 4 N–H and O–H groups in total. The van der Waals surface area contributed by atoms with E-state index in [-0.39, 0.29) is 11.8 Å². The number of para-hydroxylation sites is 1. The van der Waals surface area contributed by atoms with Gasteiger partial charge >= 0.3 is 18.1 Å². The molecule has 0 fully saturated rings. The number of carboxylic acid groups (broad SMARTS) is 2. The molecule has 1 aromatic carbocycles. The Kier molecular flexibility index (Phi) is 17.6. The van der Waals surface area contributed by atoms with Crippen molar-refractivity contribution in [1.29, 1.82) is 0 Å². The van der Waals surface area contributed by atoms with Crippen LogP contribution < -0.4 is 15.5 Å². The quantitative estimate of drug-likeness (QED) is 0.153. The van der Waals surface area contributed by atoms with Gasteiger partial charge in [0.1, 0.15) is 12.1 Å². The Morgan fingerprint density at radius 3 is 2.10 bits per heavy atom. The Labute approximate surface area is 236 Å². The van der Waals surface area contributed by atoms with Gasteiger partial charge in [-0.1, -0.05) is 38.5 Å². The third-order valence-corrected chi connectivity index (χ3v) is 6.64. The van der Waals surface area contributed by atoms with E-state index >= 15 is 0 Å². The molecule has 4 unspecified atom stereocenters. The predicted molar refractivity (Wildman–Crippen MR) is 149 cm³/mol. The van der Waals surface area contributed by atoms with Crippen LogP contribution in [0.2, 0.25) is 0 Å². The fourth-order valence-corrected chi connectivity index (χ4v) is 3.92. The minimum Gasteiger partial charge on any atom is -0.480 e. The maximum Gasteiger partial charge on any atom is 0.490 e. The number of carbonyl (C=O) groups excluding carboxylic acids is 2. The van der Waals surface area contributed by atoms with Crippen molar-refractivity contribution in [1.82, 2.24) is 10.6 Å². The molecule has 0 heterocycles. The number of halogens is 3. The van der Waals surface area contributed by atoms with Crippen LogP contribution in [0.25, 0.3) is 0 Å². The van der Waals surface area contributed by atoms with Crippen LogP contribution >= 0.6 is 24.4 Å². The van der Waals surface area contributed by atoms with Gasteiger partial charge < -0.3 is 20.8 Å². The molecule has 0 saturated heterocycles.